The maximum Gasteiger partial charge on any atom is 0.216 e. The van der Waals surface area contributed by atoms with Crippen LogP contribution in [0.25, 0.3) is 11.5 Å². The molecule has 0 aromatic carbocycles. The van der Waals surface area contributed by atoms with E-state index in [0.29, 0.717) is 10.6 Å². The fraction of sp³-hybridized carbons (Fsp3) is 0.231. The normalized spacial score (nSPS) is 14.0. The Balaban J connectivity index is 1.76. The Labute approximate surface area is 143 Å². The molecule has 9 heteroatoms. The molecule has 0 spiro atoms. The average Bonchev–Trinajstić information content (AvgIpc) is 3.22. The molecule has 0 bridgehead atoms. The third kappa shape index (κ3) is 2.38. The van der Waals surface area contributed by atoms with E-state index in [-0.39, 0.29) is 0 Å². The third-order valence-electron chi connectivity index (χ3n) is 3.56. The van der Waals surface area contributed by atoms with E-state index in [4.69, 9.17) is 12.2 Å². The summed E-state index contributed by atoms with van der Waals surface area (Å²) in [5.41, 5.74) is 3.26. The van der Waals surface area contributed by atoms with Gasteiger partial charge < -0.3 is 0 Å². The number of aromatic amines is 2. The van der Waals surface area contributed by atoms with Gasteiger partial charge in [-0.05, 0) is 59.5 Å². The number of H-pyrrole nitrogens is 2. The van der Waals surface area contributed by atoms with Crippen LogP contribution in [-0.4, -0.2) is 31.3 Å². The number of aromatic nitrogens is 5. The van der Waals surface area contributed by atoms with E-state index in [2.05, 4.69) is 41.4 Å². The standard InChI is InChI=1S/C13H11BrN6S2/c14-10-5-4-7(22-10)6-15-20-12(18-19-13(20)21)11-8-2-1-3-9(8)16-17-11/h4-6H,1-3H2,(H,16,17)(H,19,21)/b15-6-. The van der Waals surface area contributed by atoms with Crippen molar-refractivity contribution in [3.63, 3.8) is 0 Å². The summed E-state index contributed by atoms with van der Waals surface area (Å²) >= 11 is 10.3. The van der Waals surface area contributed by atoms with Gasteiger partial charge >= 0.3 is 0 Å². The molecule has 0 saturated heterocycles. The van der Waals surface area contributed by atoms with Crippen molar-refractivity contribution in [2.75, 3.05) is 0 Å². The van der Waals surface area contributed by atoms with Crippen molar-refractivity contribution in [1.82, 2.24) is 25.1 Å². The first-order valence-electron chi connectivity index (χ1n) is 6.76. The molecule has 2 N–H and O–H groups in total. The molecular formula is C13H11BrN6S2. The summed E-state index contributed by atoms with van der Waals surface area (Å²) in [6, 6.07) is 3.98. The van der Waals surface area contributed by atoms with Crippen LogP contribution in [-0.2, 0) is 12.8 Å². The lowest BCUT2D eigenvalue weighted by atomic mass is 10.2. The predicted molar refractivity (Wildman–Crippen MR) is 92.0 cm³/mol. The van der Waals surface area contributed by atoms with Crippen LogP contribution >= 0.6 is 39.5 Å². The number of thiophene rings is 1. The third-order valence-corrected chi connectivity index (χ3v) is 5.39. The zero-order valence-electron chi connectivity index (χ0n) is 11.3. The lowest BCUT2D eigenvalue weighted by molar-refractivity contribution is 0.844. The number of fused-ring (bicyclic) bond motifs is 1. The number of hydrogen-bond acceptors (Lipinski definition) is 5. The highest BCUT2D eigenvalue weighted by Gasteiger charge is 2.23. The van der Waals surface area contributed by atoms with Gasteiger partial charge in [0.15, 0.2) is 0 Å². The Morgan fingerprint density at radius 2 is 2.23 bits per heavy atom. The minimum Gasteiger partial charge on any atom is -0.282 e. The summed E-state index contributed by atoms with van der Waals surface area (Å²) in [5.74, 6) is 0.649. The molecule has 22 heavy (non-hydrogen) atoms. The fourth-order valence-corrected chi connectivity index (χ4v) is 4.04. The maximum absolute atomic E-state index is 5.28. The first-order chi connectivity index (χ1) is 10.7. The molecule has 3 heterocycles. The van der Waals surface area contributed by atoms with Crippen molar-refractivity contribution in [2.24, 2.45) is 5.10 Å². The summed E-state index contributed by atoms with van der Waals surface area (Å²) in [5, 5.41) is 19.0. The summed E-state index contributed by atoms with van der Waals surface area (Å²) in [4.78, 5) is 1.04. The summed E-state index contributed by atoms with van der Waals surface area (Å²) in [6.45, 7) is 0. The SMILES string of the molecule is S=c1[nH]nc(-c2n[nH]c3c2CCC3)n1/N=C\c1ccc(Br)s1. The Bertz CT molecular complexity index is 915. The van der Waals surface area contributed by atoms with Gasteiger partial charge in [-0.1, -0.05) is 0 Å². The van der Waals surface area contributed by atoms with E-state index < -0.39 is 0 Å². The fourth-order valence-electron chi connectivity index (χ4n) is 2.57. The van der Waals surface area contributed by atoms with Crippen molar-refractivity contribution in [2.45, 2.75) is 19.3 Å². The molecule has 3 aromatic rings. The Kier molecular flexibility index (Phi) is 3.55. The zero-order chi connectivity index (χ0) is 15.1. The van der Waals surface area contributed by atoms with Gasteiger partial charge in [0.25, 0.3) is 0 Å². The molecule has 6 nitrogen and oxygen atoms in total. The summed E-state index contributed by atoms with van der Waals surface area (Å²) < 4.78 is 3.14. The van der Waals surface area contributed by atoms with E-state index in [1.54, 1.807) is 22.2 Å². The first kappa shape index (κ1) is 14.0. The van der Waals surface area contributed by atoms with Gasteiger partial charge in [0, 0.05) is 16.1 Å². The molecular weight excluding hydrogens is 384 g/mol. The van der Waals surface area contributed by atoms with Crippen LogP contribution < -0.4 is 0 Å². The van der Waals surface area contributed by atoms with Gasteiger partial charge in [-0.2, -0.15) is 20.0 Å². The average molecular weight is 395 g/mol. The lowest BCUT2D eigenvalue weighted by Crippen LogP contribution is -1.96. The van der Waals surface area contributed by atoms with E-state index in [9.17, 15) is 0 Å². The van der Waals surface area contributed by atoms with Crippen LogP contribution in [0.4, 0.5) is 0 Å². The molecule has 0 fully saturated rings. The molecule has 1 aliphatic rings. The Morgan fingerprint density at radius 1 is 1.32 bits per heavy atom. The Hall–Kier alpha value is -1.58. The van der Waals surface area contributed by atoms with Crippen LogP contribution in [0.2, 0.25) is 0 Å². The van der Waals surface area contributed by atoms with Gasteiger partial charge in [-0.25, -0.2) is 5.10 Å². The Morgan fingerprint density at radius 3 is 3.05 bits per heavy atom. The highest BCUT2D eigenvalue weighted by molar-refractivity contribution is 9.11. The van der Waals surface area contributed by atoms with Crippen molar-refractivity contribution in [3.8, 4) is 11.5 Å². The molecule has 0 unspecified atom stereocenters. The molecule has 0 atom stereocenters. The molecule has 0 amide bonds. The second-order valence-electron chi connectivity index (χ2n) is 4.93. The number of nitrogens with zero attached hydrogens (tertiary/aromatic N) is 4. The van der Waals surface area contributed by atoms with Gasteiger partial charge in [0.2, 0.25) is 10.6 Å². The van der Waals surface area contributed by atoms with Crippen LogP contribution in [0.3, 0.4) is 0 Å². The highest BCUT2D eigenvalue weighted by Crippen LogP contribution is 2.29. The van der Waals surface area contributed by atoms with Crippen molar-refractivity contribution >= 4 is 45.7 Å². The molecule has 4 rings (SSSR count). The van der Waals surface area contributed by atoms with E-state index in [1.165, 1.54) is 11.3 Å². The molecule has 1 aliphatic carbocycles. The number of rotatable bonds is 3. The molecule has 0 saturated carbocycles. The maximum atomic E-state index is 5.28. The van der Waals surface area contributed by atoms with E-state index in [1.807, 2.05) is 12.1 Å². The van der Waals surface area contributed by atoms with Crippen molar-refractivity contribution < 1.29 is 0 Å². The molecule has 112 valence electrons. The first-order valence-corrected chi connectivity index (χ1v) is 8.78. The summed E-state index contributed by atoms with van der Waals surface area (Å²) in [7, 11) is 0. The minimum absolute atomic E-state index is 0.455. The quantitative estimate of drug-likeness (QED) is 0.526. The van der Waals surface area contributed by atoms with Crippen molar-refractivity contribution in [1.29, 1.82) is 0 Å². The second-order valence-corrected chi connectivity index (χ2v) is 7.81. The highest BCUT2D eigenvalue weighted by atomic mass is 79.9. The van der Waals surface area contributed by atoms with Crippen molar-refractivity contribution in [3.05, 3.63) is 36.8 Å². The number of nitrogens with one attached hydrogen (secondary N) is 2. The number of hydrogen-bond donors (Lipinski definition) is 2. The number of halogens is 1. The van der Waals surface area contributed by atoms with E-state index in [0.717, 1.165) is 33.6 Å². The van der Waals surface area contributed by atoms with Gasteiger partial charge in [0.05, 0.1) is 10.0 Å². The molecule has 0 radical (unpaired) electrons. The molecule has 0 aliphatic heterocycles. The smallest absolute Gasteiger partial charge is 0.216 e. The van der Waals surface area contributed by atoms with Crippen LogP contribution in [0.1, 0.15) is 22.6 Å². The van der Waals surface area contributed by atoms with Crippen LogP contribution in [0.5, 0.6) is 0 Å². The van der Waals surface area contributed by atoms with E-state index >= 15 is 0 Å². The topological polar surface area (TPSA) is 74.7 Å². The van der Waals surface area contributed by atoms with Gasteiger partial charge in [-0.15, -0.1) is 11.3 Å². The van der Waals surface area contributed by atoms with Crippen LogP contribution in [0, 0.1) is 4.77 Å². The largest absolute Gasteiger partial charge is 0.282 e. The van der Waals surface area contributed by atoms with Crippen LogP contribution in [0.15, 0.2) is 21.0 Å². The monoisotopic (exact) mass is 394 g/mol. The zero-order valence-corrected chi connectivity index (χ0v) is 14.6. The van der Waals surface area contributed by atoms with Gasteiger partial charge in [0.1, 0.15) is 5.69 Å². The second kappa shape index (κ2) is 5.56. The lowest BCUT2D eigenvalue weighted by Gasteiger charge is -1.99. The molecule has 3 aromatic heterocycles. The predicted octanol–water partition coefficient (Wildman–Crippen LogP) is 3.53. The number of aryl methyl sites for hydroxylation is 1. The van der Waals surface area contributed by atoms with Gasteiger partial charge in [-0.3, -0.25) is 5.10 Å². The summed E-state index contributed by atoms with van der Waals surface area (Å²) in [6.07, 6.45) is 4.98. The minimum atomic E-state index is 0.455.